The van der Waals surface area contributed by atoms with Gasteiger partial charge in [0.1, 0.15) is 0 Å². The minimum absolute atomic E-state index is 0.268. The molecule has 1 aliphatic heterocycles. The molecule has 0 radical (unpaired) electrons. The van der Waals surface area contributed by atoms with Crippen molar-refractivity contribution in [3.05, 3.63) is 35.4 Å². The monoisotopic (exact) mass is 300 g/mol. The fraction of sp³-hybridized carbons (Fsp3) is 0.529. The maximum absolute atomic E-state index is 11.6. The zero-order chi connectivity index (χ0) is 15.5. The summed E-state index contributed by atoms with van der Waals surface area (Å²) in [5.74, 6) is 0.888. The summed E-state index contributed by atoms with van der Waals surface area (Å²) in [6.07, 6.45) is 4.12. The lowest BCUT2D eigenvalue weighted by atomic mass is 10.1. The van der Waals surface area contributed by atoms with E-state index in [0.29, 0.717) is 25.0 Å². The van der Waals surface area contributed by atoms with Gasteiger partial charge in [0.25, 0.3) is 0 Å². The van der Waals surface area contributed by atoms with Crippen LogP contribution in [0.5, 0.6) is 0 Å². The summed E-state index contributed by atoms with van der Waals surface area (Å²) in [6, 6.07) is 8.89. The Morgan fingerprint density at radius 1 is 1.32 bits per heavy atom. The Morgan fingerprint density at radius 3 is 2.59 bits per heavy atom. The van der Waals surface area contributed by atoms with Gasteiger partial charge in [0, 0.05) is 32.6 Å². The molecular weight excluding hydrogens is 276 g/mol. The second kappa shape index (κ2) is 6.38. The topological polar surface area (TPSA) is 61.9 Å². The van der Waals surface area contributed by atoms with Crippen molar-refractivity contribution in [2.24, 2.45) is 10.7 Å². The van der Waals surface area contributed by atoms with Crippen LogP contribution in [0.1, 0.15) is 36.8 Å². The molecule has 1 aromatic rings. The number of carbonyl (C=O) groups excluding carboxylic acids is 1. The Bertz CT molecular complexity index is 563. The number of likely N-dealkylation sites (tertiary alicyclic amines) is 1. The highest BCUT2D eigenvalue weighted by Gasteiger charge is 2.27. The molecule has 1 saturated carbocycles. The van der Waals surface area contributed by atoms with Crippen molar-refractivity contribution in [2.45, 2.75) is 44.8 Å². The van der Waals surface area contributed by atoms with E-state index < -0.39 is 0 Å². The Hall–Kier alpha value is -2.04. The first-order valence-electron chi connectivity index (χ1n) is 8.02. The van der Waals surface area contributed by atoms with Gasteiger partial charge >= 0.3 is 0 Å². The minimum Gasteiger partial charge on any atom is -0.370 e. The van der Waals surface area contributed by atoms with Crippen LogP contribution in [0.3, 0.4) is 0 Å². The van der Waals surface area contributed by atoms with E-state index in [2.05, 4.69) is 34.2 Å². The average Bonchev–Trinajstić information content (AvgIpc) is 3.30. The summed E-state index contributed by atoms with van der Waals surface area (Å²) >= 11 is 0. The van der Waals surface area contributed by atoms with Crippen LogP contribution in [0.2, 0.25) is 0 Å². The van der Waals surface area contributed by atoms with Crippen molar-refractivity contribution in [3.8, 4) is 0 Å². The Kier molecular flexibility index (Phi) is 4.32. The third-order valence-electron chi connectivity index (χ3n) is 4.45. The SMILES string of the molecule is CN(C(N)=NCc1ccc(CN2CCCC2=O)cc1)C1CC1. The van der Waals surface area contributed by atoms with Crippen LogP contribution in [0, 0.1) is 0 Å². The molecule has 0 spiro atoms. The molecule has 1 aromatic carbocycles. The average molecular weight is 300 g/mol. The molecule has 0 atom stereocenters. The van der Waals surface area contributed by atoms with E-state index >= 15 is 0 Å². The molecule has 118 valence electrons. The number of benzene rings is 1. The van der Waals surface area contributed by atoms with Gasteiger partial charge in [0.15, 0.2) is 5.96 Å². The van der Waals surface area contributed by atoms with Crippen LogP contribution < -0.4 is 5.73 Å². The van der Waals surface area contributed by atoms with Crippen LogP contribution in [0.15, 0.2) is 29.3 Å². The first-order valence-corrected chi connectivity index (χ1v) is 8.02. The summed E-state index contributed by atoms with van der Waals surface area (Å²) in [5.41, 5.74) is 8.31. The second-order valence-corrected chi connectivity index (χ2v) is 6.25. The number of nitrogens with zero attached hydrogens (tertiary/aromatic N) is 3. The molecular formula is C17H24N4O. The molecule has 5 heteroatoms. The molecule has 1 saturated heterocycles. The number of hydrogen-bond acceptors (Lipinski definition) is 2. The number of guanidine groups is 1. The Labute approximate surface area is 131 Å². The van der Waals surface area contributed by atoms with Crippen molar-refractivity contribution in [1.82, 2.24) is 9.80 Å². The van der Waals surface area contributed by atoms with Crippen molar-refractivity contribution in [2.75, 3.05) is 13.6 Å². The quantitative estimate of drug-likeness (QED) is 0.665. The number of hydrogen-bond donors (Lipinski definition) is 1. The van der Waals surface area contributed by atoms with E-state index in [1.165, 1.54) is 18.4 Å². The van der Waals surface area contributed by atoms with Gasteiger partial charge in [-0.05, 0) is 30.4 Å². The molecule has 2 fully saturated rings. The van der Waals surface area contributed by atoms with Gasteiger partial charge in [0.05, 0.1) is 6.54 Å². The van der Waals surface area contributed by atoms with E-state index in [9.17, 15) is 4.79 Å². The Morgan fingerprint density at radius 2 is 2.00 bits per heavy atom. The fourth-order valence-corrected chi connectivity index (χ4v) is 2.77. The summed E-state index contributed by atoms with van der Waals surface area (Å²) in [4.78, 5) is 20.1. The van der Waals surface area contributed by atoms with Gasteiger partial charge in [0.2, 0.25) is 5.91 Å². The van der Waals surface area contributed by atoms with E-state index in [1.807, 2.05) is 11.9 Å². The number of aliphatic imine (C=N–C) groups is 1. The highest BCUT2D eigenvalue weighted by atomic mass is 16.2. The third kappa shape index (κ3) is 3.59. The number of rotatable bonds is 5. The maximum Gasteiger partial charge on any atom is 0.222 e. The van der Waals surface area contributed by atoms with Crippen LogP contribution in [0.25, 0.3) is 0 Å². The lowest BCUT2D eigenvalue weighted by Gasteiger charge is -2.17. The van der Waals surface area contributed by atoms with E-state index in [4.69, 9.17) is 5.73 Å². The summed E-state index contributed by atoms with van der Waals surface area (Å²) < 4.78 is 0. The van der Waals surface area contributed by atoms with Crippen LogP contribution in [-0.4, -0.2) is 41.3 Å². The van der Waals surface area contributed by atoms with Gasteiger partial charge < -0.3 is 15.5 Å². The molecule has 0 bridgehead atoms. The van der Waals surface area contributed by atoms with Crippen molar-refractivity contribution < 1.29 is 4.79 Å². The predicted molar refractivity (Wildman–Crippen MR) is 87.2 cm³/mol. The molecule has 1 aliphatic carbocycles. The molecule has 2 aliphatic rings. The lowest BCUT2D eigenvalue weighted by Crippen LogP contribution is -2.35. The number of amides is 1. The van der Waals surface area contributed by atoms with Crippen molar-refractivity contribution in [3.63, 3.8) is 0 Å². The summed E-state index contributed by atoms with van der Waals surface area (Å²) in [6.45, 7) is 2.20. The normalized spacial score (nSPS) is 18.9. The maximum atomic E-state index is 11.6. The lowest BCUT2D eigenvalue weighted by molar-refractivity contribution is -0.128. The van der Waals surface area contributed by atoms with Gasteiger partial charge in [-0.3, -0.25) is 4.79 Å². The molecule has 0 unspecified atom stereocenters. The molecule has 22 heavy (non-hydrogen) atoms. The largest absolute Gasteiger partial charge is 0.370 e. The zero-order valence-corrected chi connectivity index (χ0v) is 13.2. The highest BCUT2D eigenvalue weighted by Crippen LogP contribution is 2.25. The van der Waals surface area contributed by atoms with Gasteiger partial charge in [-0.1, -0.05) is 24.3 Å². The third-order valence-corrected chi connectivity index (χ3v) is 4.45. The smallest absolute Gasteiger partial charge is 0.222 e. The molecule has 0 aromatic heterocycles. The highest BCUT2D eigenvalue weighted by molar-refractivity contribution is 5.78. The van der Waals surface area contributed by atoms with Crippen LogP contribution in [0.4, 0.5) is 0 Å². The predicted octanol–water partition coefficient (Wildman–Crippen LogP) is 1.72. The Balaban J connectivity index is 1.54. The summed E-state index contributed by atoms with van der Waals surface area (Å²) in [7, 11) is 2.01. The number of carbonyl (C=O) groups is 1. The summed E-state index contributed by atoms with van der Waals surface area (Å²) in [5, 5.41) is 0. The first-order chi connectivity index (χ1) is 10.6. The van der Waals surface area contributed by atoms with Gasteiger partial charge in [-0.2, -0.15) is 0 Å². The van der Waals surface area contributed by atoms with E-state index in [-0.39, 0.29) is 5.91 Å². The van der Waals surface area contributed by atoms with Crippen molar-refractivity contribution in [1.29, 1.82) is 0 Å². The molecule has 2 N–H and O–H groups in total. The first kappa shape index (κ1) is 14.9. The molecule has 1 amide bonds. The van der Waals surface area contributed by atoms with Gasteiger partial charge in [-0.25, -0.2) is 4.99 Å². The molecule has 3 rings (SSSR count). The zero-order valence-electron chi connectivity index (χ0n) is 13.2. The minimum atomic E-state index is 0.268. The fourth-order valence-electron chi connectivity index (χ4n) is 2.77. The molecule has 1 heterocycles. The van der Waals surface area contributed by atoms with Crippen LogP contribution >= 0.6 is 0 Å². The molecule has 5 nitrogen and oxygen atoms in total. The van der Waals surface area contributed by atoms with Crippen LogP contribution in [-0.2, 0) is 17.9 Å². The standard InChI is InChI=1S/C17H24N4O/c1-20(15-8-9-15)17(18)19-11-13-4-6-14(7-5-13)12-21-10-2-3-16(21)22/h4-7,15H,2-3,8-12H2,1H3,(H2,18,19). The van der Waals surface area contributed by atoms with E-state index in [0.717, 1.165) is 25.1 Å². The van der Waals surface area contributed by atoms with E-state index in [1.54, 1.807) is 0 Å². The van der Waals surface area contributed by atoms with Gasteiger partial charge in [-0.15, -0.1) is 0 Å². The van der Waals surface area contributed by atoms with Crippen molar-refractivity contribution >= 4 is 11.9 Å². The number of nitrogens with two attached hydrogens (primary N) is 1. The second-order valence-electron chi connectivity index (χ2n) is 6.25.